The van der Waals surface area contributed by atoms with E-state index >= 15 is 0 Å². The van der Waals surface area contributed by atoms with E-state index in [9.17, 15) is 4.39 Å². The van der Waals surface area contributed by atoms with Gasteiger partial charge in [-0.3, -0.25) is 9.39 Å². The van der Waals surface area contributed by atoms with Gasteiger partial charge in [-0.1, -0.05) is 6.07 Å². The minimum Gasteiger partial charge on any atom is -0.368 e. The maximum atomic E-state index is 13.1. The third kappa shape index (κ3) is 3.90. The molecule has 1 aromatic carbocycles. The van der Waals surface area contributed by atoms with E-state index in [1.54, 1.807) is 7.05 Å². The number of hydrogen-bond donors (Lipinski definition) is 1. The molecule has 3 aromatic rings. The maximum Gasteiger partial charge on any atom is 0.193 e. The van der Waals surface area contributed by atoms with Crippen molar-refractivity contribution in [1.29, 1.82) is 0 Å². The zero-order valence-electron chi connectivity index (χ0n) is 15.9. The molecule has 7 nitrogen and oxygen atoms in total. The number of nitrogens with one attached hydrogen (secondary N) is 1. The fourth-order valence-electron chi connectivity index (χ4n) is 3.51. The highest BCUT2D eigenvalue weighted by Crippen LogP contribution is 2.17. The molecule has 1 aliphatic heterocycles. The summed E-state index contributed by atoms with van der Waals surface area (Å²) >= 11 is 0. The number of rotatable bonds is 4. The van der Waals surface area contributed by atoms with Gasteiger partial charge in [-0.2, -0.15) is 0 Å². The highest BCUT2D eigenvalue weighted by Gasteiger charge is 2.19. The van der Waals surface area contributed by atoms with E-state index in [0.717, 1.165) is 62.3 Å². The van der Waals surface area contributed by atoms with Crippen molar-refractivity contribution in [1.82, 2.24) is 24.8 Å². The SMILES string of the molecule is CN=C(NCCc1nnc2ccccn12)N1CCN(c2ccc(F)cc2)CC1. The Balaban J connectivity index is 1.29. The van der Waals surface area contributed by atoms with Crippen LogP contribution in [0, 0.1) is 5.82 Å². The average Bonchev–Trinajstić information content (AvgIpc) is 3.15. The van der Waals surface area contributed by atoms with Gasteiger partial charge in [-0.25, -0.2) is 4.39 Å². The Bertz CT molecular complexity index is 943. The number of hydrogen-bond acceptors (Lipinski definition) is 4. The summed E-state index contributed by atoms with van der Waals surface area (Å²) in [6, 6.07) is 12.6. The number of pyridine rings is 1. The lowest BCUT2D eigenvalue weighted by Gasteiger charge is -2.37. The van der Waals surface area contributed by atoms with Crippen LogP contribution < -0.4 is 10.2 Å². The van der Waals surface area contributed by atoms with Crippen LogP contribution in [0.4, 0.5) is 10.1 Å². The van der Waals surface area contributed by atoms with Gasteiger partial charge in [0, 0.05) is 58.1 Å². The third-order valence-electron chi connectivity index (χ3n) is 5.00. The average molecular weight is 381 g/mol. The molecule has 2 aromatic heterocycles. The molecular weight excluding hydrogens is 357 g/mol. The van der Waals surface area contributed by atoms with Crippen molar-refractivity contribution in [3.63, 3.8) is 0 Å². The van der Waals surface area contributed by atoms with Gasteiger partial charge >= 0.3 is 0 Å². The van der Waals surface area contributed by atoms with Gasteiger partial charge in [0.05, 0.1) is 0 Å². The Hall–Kier alpha value is -3.16. The largest absolute Gasteiger partial charge is 0.368 e. The topological polar surface area (TPSA) is 61.1 Å². The summed E-state index contributed by atoms with van der Waals surface area (Å²) in [5.74, 6) is 1.62. The van der Waals surface area contributed by atoms with Crippen LogP contribution in [-0.2, 0) is 6.42 Å². The van der Waals surface area contributed by atoms with Crippen LogP contribution >= 0.6 is 0 Å². The van der Waals surface area contributed by atoms with E-state index in [2.05, 4.69) is 30.3 Å². The van der Waals surface area contributed by atoms with Crippen molar-refractivity contribution >= 4 is 17.3 Å². The molecule has 146 valence electrons. The van der Waals surface area contributed by atoms with Crippen molar-refractivity contribution in [3.8, 4) is 0 Å². The van der Waals surface area contributed by atoms with Crippen LogP contribution in [0.3, 0.4) is 0 Å². The van der Waals surface area contributed by atoms with Crippen molar-refractivity contribution in [2.75, 3.05) is 44.7 Å². The summed E-state index contributed by atoms with van der Waals surface area (Å²) < 4.78 is 15.1. The minimum absolute atomic E-state index is 0.201. The summed E-state index contributed by atoms with van der Waals surface area (Å²) in [4.78, 5) is 8.94. The molecule has 0 spiro atoms. The molecule has 0 radical (unpaired) electrons. The molecule has 3 heterocycles. The first kappa shape index (κ1) is 18.2. The molecule has 0 atom stereocenters. The number of nitrogens with zero attached hydrogens (tertiary/aromatic N) is 6. The van der Waals surface area contributed by atoms with Crippen LogP contribution in [0.15, 0.2) is 53.7 Å². The summed E-state index contributed by atoms with van der Waals surface area (Å²) in [5.41, 5.74) is 1.92. The minimum atomic E-state index is -0.201. The number of piperazine rings is 1. The van der Waals surface area contributed by atoms with E-state index in [-0.39, 0.29) is 5.82 Å². The molecule has 0 bridgehead atoms. The van der Waals surface area contributed by atoms with Crippen LogP contribution in [0.5, 0.6) is 0 Å². The Morgan fingerprint density at radius 1 is 1.07 bits per heavy atom. The van der Waals surface area contributed by atoms with Gasteiger partial charge in [-0.15, -0.1) is 10.2 Å². The van der Waals surface area contributed by atoms with Gasteiger partial charge in [0.2, 0.25) is 0 Å². The van der Waals surface area contributed by atoms with Gasteiger partial charge in [-0.05, 0) is 36.4 Å². The van der Waals surface area contributed by atoms with Gasteiger partial charge in [0.1, 0.15) is 11.6 Å². The Morgan fingerprint density at radius 2 is 1.86 bits per heavy atom. The lowest BCUT2D eigenvalue weighted by molar-refractivity contribution is 0.373. The number of aliphatic imine (C=N–C) groups is 1. The van der Waals surface area contributed by atoms with E-state index in [4.69, 9.17) is 0 Å². The summed E-state index contributed by atoms with van der Waals surface area (Å²) in [6.45, 7) is 4.22. The molecule has 1 aliphatic rings. The number of anilines is 1. The van der Waals surface area contributed by atoms with E-state index in [0.29, 0.717) is 0 Å². The molecule has 0 aliphatic carbocycles. The second kappa shape index (κ2) is 8.24. The fourth-order valence-corrected chi connectivity index (χ4v) is 3.51. The van der Waals surface area contributed by atoms with Gasteiger partial charge in [0.25, 0.3) is 0 Å². The molecule has 0 unspecified atom stereocenters. The second-order valence-corrected chi connectivity index (χ2v) is 6.72. The molecule has 0 saturated carbocycles. The van der Waals surface area contributed by atoms with Gasteiger partial charge < -0.3 is 15.1 Å². The monoisotopic (exact) mass is 381 g/mol. The molecule has 0 amide bonds. The normalized spacial score (nSPS) is 15.3. The lowest BCUT2D eigenvalue weighted by Crippen LogP contribution is -2.52. The Labute approximate surface area is 163 Å². The summed E-state index contributed by atoms with van der Waals surface area (Å²) in [5, 5.41) is 11.9. The maximum absolute atomic E-state index is 13.1. The smallest absolute Gasteiger partial charge is 0.193 e. The predicted molar refractivity (Wildman–Crippen MR) is 108 cm³/mol. The number of halogens is 1. The van der Waals surface area contributed by atoms with E-state index in [1.165, 1.54) is 12.1 Å². The molecule has 28 heavy (non-hydrogen) atoms. The van der Waals surface area contributed by atoms with Gasteiger partial charge in [0.15, 0.2) is 11.6 Å². The Kier molecular flexibility index (Phi) is 5.36. The first-order valence-corrected chi connectivity index (χ1v) is 9.49. The second-order valence-electron chi connectivity index (χ2n) is 6.72. The van der Waals surface area contributed by atoms with Crippen LogP contribution in [0.25, 0.3) is 5.65 Å². The molecular formula is C20H24FN7. The standard InChI is InChI=1S/C20H24FN7/c1-22-20(23-10-9-19-25-24-18-4-2-3-11-28(18)19)27-14-12-26(13-15-27)17-7-5-16(21)6-8-17/h2-8,11H,9-10,12-15H2,1H3,(H,22,23). The zero-order valence-corrected chi connectivity index (χ0v) is 15.9. The number of aromatic nitrogens is 3. The van der Waals surface area contributed by atoms with Crippen LogP contribution in [0.1, 0.15) is 5.82 Å². The molecule has 1 N–H and O–H groups in total. The first-order chi connectivity index (χ1) is 13.7. The van der Waals surface area contributed by atoms with Crippen molar-refractivity contribution < 1.29 is 4.39 Å². The lowest BCUT2D eigenvalue weighted by atomic mass is 10.2. The third-order valence-corrected chi connectivity index (χ3v) is 5.00. The van der Waals surface area contributed by atoms with E-state index in [1.807, 2.05) is 40.9 Å². The molecule has 4 rings (SSSR count). The summed E-state index contributed by atoms with van der Waals surface area (Å²) in [7, 11) is 1.81. The fraction of sp³-hybridized carbons (Fsp3) is 0.350. The van der Waals surface area contributed by atoms with Crippen LogP contribution in [-0.4, -0.2) is 65.2 Å². The number of fused-ring (bicyclic) bond motifs is 1. The van der Waals surface area contributed by atoms with Crippen molar-refractivity contribution in [3.05, 3.63) is 60.3 Å². The zero-order chi connectivity index (χ0) is 19.3. The molecule has 1 fully saturated rings. The number of guanidine groups is 1. The van der Waals surface area contributed by atoms with Crippen LogP contribution in [0.2, 0.25) is 0 Å². The highest BCUT2D eigenvalue weighted by molar-refractivity contribution is 5.80. The predicted octanol–water partition coefficient (Wildman–Crippen LogP) is 1.81. The quantitative estimate of drug-likeness (QED) is 0.552. The van der Waals surface area contributed by atoms with Crippen molar-refractivity contribution in [2.45, 2.75) is 6.42 Å². The molecule has 1 saturated heterocycles. The Morgan fingerprint density at radius 3 is 2.61 bits per heavy atom. The van der Waals surface area contributed by atoms with E-state index < -0.39 is 0 Å². The van der Waals surface area contributed by atoms with Crippen molar-refractivity contribution in [2.24, 2.45) is 4.99 Å². The highest BCUT2D eigenvalue weighted by atomic mass is 19.1. The molecule has 8 heteroatoms. The number of benzene rings is 1. The summed E-state index contributed by atoms with van der Waals surface area (Å²) in [6.07, 6.45) is 2.74. The first-order valence-electron chi connectivity index (χ1n) is 9.49.